The molecule has 0 radical (unpaired) electrons. The van der Waals surface area contributed by atoms with Gasteiger partial charge < -0.3 is 15.0 Å². The van der Waals surface area contributed by atoms with Crippen molar-refractivity contribution in [1.29, 1.82) is 0 Å². The van der Waals surface area contributed by atoms with Gasteiger partial charge in [-0.15, -0.1) is 0 Å². The third kappa shape index (κ3) is 4.12. The molecule has 122 valence electrons. The predicted molar refractivity (Wildman–Crippen MR) is 92.3 cm³/mol. The van der Waals surface area contributed by atoms with Gasteiger partial charge in [-0.1, -0.05) is 23.7 Å². The summed E-state index contributed by atoms with van der Waals surface area (Å²) in [7, 11) is 0. The fourth-order valence-electron chi connectivity index (χ4n) is 2.60. The molecule has 6 heteroatoms. The maximum atomic E-state index is 6.05. The molecule has 5 nitrogen and oxygen atoms in total. The highest BCUT2D eigenvalue weighted by Gasteiger charge is 2.16. The van der Waals surface area contributed by atoms with Gasteiger partial charge in [0.1, 0.15) is 6.10 Å². The molecule has 0 amide bonds. The van der Waals surface area contributed by atoms with Gasteiger partial charge in [0.2, 0.25) is 11.8 Å². The van der Waals surface area contributed by atoms with Crippen molar-refractivity contribution in [3.63, 3.8) is 0 Å². The zero-order valence-electron chi connectivity index (χ0n) is 13.4. The number of anilines is 1. The first-order valence-electron chi connectivity index (χ1n) is 7.85. The fraction of sp³-hybridized carbons (Fsp3) is 0.412. The van der Waals surface area contributed by atoms with Crippen LogP contribution >= 0.6 is 11.6 Å². The van der Waals surface area contributed by atoms with Gasteiger partial charge in [-0.2, -0.15) is 4.98 Å². The molecular weight excluding hydrogens is 312 g/mol. The van der Waals surface area contributed by atoms with Crippen molar-refractivity contribution in [2.75, 3.05) is 31.1 Å². The second-order valence-electron chi connectivity index (χ2n) is 5.70. The van der Waals surface area contributed by atoms with E-state index in [1.165, 1.54) is 0 Å². The minimum Gasteiger partial charge on any atom is -0.470 e. The lowest BCUT2D eigenvalue weighted by atomic mass is 10.1. The lowest BCUT2D eigenvalue weighted by molar-refractivity contribution is 0.217. The van der Waals surface area contributed by atoms with Gasteiger partial charge in [0.25, 0.3) is 0 Å². The highest BCUT2D eigenvalue weighted by molar-refractivity contribution is 6.30. The number of nitrogens with zero attached hydrogens (tertiary/aromatic N) is 3. The molecule has 2 heterocycles. The molecule has 1 saturated heterocycles. The van der Waals surface area contributed by atoms with E-state index in [0.29, 0.717) is 10.9 Å². The van der Waals surface area contributed by atoms with Crippen LogP contribution in [0, 0.1) is 6.92 Å². The summed E-state index contributed by atoms with van der Waals surface area (Å²) in [6.45, 7) is 7.68. The van der Waals surface area contributed by atoms with Crippen LogP contribution in [0.3, 0.4) is 0 Å². The first-order chi connectivity index (χ1) is 11.1. The van der Waals surface area contributed by atoms with Crippen LogP contribution in [-0.2, 0) is 0 Å². The molecule has 3 rings (SSSR count). The van der Waals surface area contributed by atoms with Crippen molar-refractivity contribution >= 4 is 17.5 Å². The van der Waals surface area contributed by atoms with Crippen molar-refractivity contribution in [2.24, 2.45) is 0 Å². The van der Waals surface area contributed by atoms with E-state index >= 15 is 0 Å². The second kappa shape index (κ2) is 7.15. The van der Waals surface area contributed by atoms with Crippen molar-refractivity contribution in [3.05, 3.63) is 46.6 Å². The van der Waals surface area contributed by atoms with E-state index in [9.17, 15) is 0 Å². The number of halogens is 1. The first kappa shape index (κ1) is 16.0. The third-order valence-corrected chi connectivity index (χ3v) is 4.07. The van der Waals surface area contributed by atoms with Gasteiger partial charge in [0.05, 0.1) is 0 Å². The molecule has 2 aromatic rings. The zero-order chi connectivity index (χ0) is 16.2. The largest absolute Gasteiger partial charge is 0.470 e. The average Bonchev–Trinajstić information content (AvgIpc) is 2.55. The maximum Gasteiger partial charge on any atom is 0.228 e. The minimum atomic E-state index is -0.126. The molecule has 0 aliphatic carbocycles. The Kier molecular flexibility index (Phi) is 4.98. The molecule has 1 N–H and O–H groups in total. The van der Waals surface area contributed by atoms with Crippen LogP contribution in [0.1, 0.15) is 24.3 Å². The van der Waals surface area contributed by atoms with Crippen LogP contribution in [0.25, 0.3) is 0 Å². The van der Waals surface area contributed by atoms with Crippen LogP contribution in [0.4, 0.5) is 5.95 Å². The standard InChI is InChI=1S/C17H21ClN4O/c1-12-10-16(21-17(20-12)22-8-6-19-7-9-22)23-13(2)14-4-3-5-15(18)11-14/h3-5,10-11,13,19H,6-9H2,1-2H3. The lowest BCUT2D eigenvalue weighted by Gasteiger charge is -2.28. The Labute approximate surface area is 141 Å². The smallest absolute Gasteiger partial charge is 0.228 e. The summed E-state index contributed by atoms with van der Waals surface area (Å²) in [5.41, 5.74) is 1.93. The van der Waals surface area contributed by atoms with Crippen LogP contribution in [0.2, 0.25) is 5.02 Å². The third-order valence-electron chi connectivity index (χ3n) is 3.83. The predicted octanol–water partition coefficient (Wildman–Crippen LogP) is 2.99. The summed E-state index contributed by atoms with van der Waals surface area (Å²) in [4.78, 5) is 11.3. The van der Waals surface area contributed by atoms with Crippen molar-refractivity contribution in [3.8, 4) is 5.88 Å². The highest BCUT2D eigenvalue weighted by atomic mass is 35.5. The van der Waals surface area contributed by atoms with Crippen LogP contribution in [0.5, 0.6) is 5.88 Å². The number of rotatable bonds is 4. The number of piperazine rings is 1. The number of aryl methyl sites for hydroxylation is 1. The van der Waals surface area contributed by atoms with Gasteiger partial charge >= 0.3 is 0 Å². The Hall–Kier alpha value is -1.85. The molecule has 0 saturated carbocycles. The number of hydrogen-bond acceptors (Lipinski definition) is 5. The Morgan fingerprint density at radius 3 is 2.74 bits per heavy atom. The van der Waals surface area contributed by atoms with Crippen LogP contribution in [-0.4, -0.2) is 36.1 Å². The molecule has 1 aromatic heterocycles. The summed E-state index contributed by atoms with van der Waals surface area (Å²) in [5, 5.41) is 4.04. The van der Waals surface area contributed by atoms with Crippen molar-refractivity contribution < 1.29 is 4.74 Å². The molecule has 23 heavy (non-hydrogen) atoms. The van der Waals surface area contributed by atoms with E-state index in [-0.39, 0.29) is 6.10 Å². The maximum absolute atomic E-state index is 6.05. The zero-order valence-corrected chi connectivity index (χ0v) is 14.2. The highest BCUT2D eigenvalue weighted by Crippen LogP contribution is 2.24. The normalized spacial score (nSPS) is 16.2. The Morgan fingerprint density at radius 2 is 2.00 bits per heavy atom. The Bertz CT molecular complexity index is 673. The van der Waals surface area contributed by atoms with E-state index in [4.69, 9.17) is 16.3 Å². The lowest BCUT2D eigenvalue weighted by Crippen LogP contribution is -2.44. The topological polar surface area (TPSA) is 50.3 Å². The minimum absolute atomic E-state index is 0.126. The summed E-state index contributed by atoms with van der Waals surface area (Å²) in [6.07, 6.45) is -0.126. The van der Waals surface area contributed by atoms with Crippen molar-refractivity contribution in [1.82, 2.24) is 15.3 Å². The molecule has 0 spiro atoms. The van der Waals surface area contributed by atoms with Crippen molar-refractivity contribution in [2.45, 2.75) is 20.0 Å². The van der Waals surface area contributed by atoms with E-state index in [0.717, 1.165) is 43.4 Å². The van der Waals surface area contributed by atoms with Gasteiger partial charge in [-0.05, 0) is 31.5 Å². The summed E-state index contributed by atoms with van der Waals surface area (Å²) >= 11 is 6.05. The molecule has 0 bridgehead atoms. The van der Waals surface area contributed by atoms with Crippen LogP contribution in [0.15, 0.2) is 30.3 Å². The number of nitrogens with one attached hydrogen (secondary N) is 1. The molecule has 1 aliphatic rings. The van der Waals surface area contributed by atoms with Gasteiger partial charge in [0.15, 0.2) is 0 Å². The first-order valence-corrected chi connectivity index (χ1v) is 8.23. The van der Waals surface area contributed by atoms with E-state index < -0.39 is 0 Å². The number of aromatic nitrogens is 2. The number of ether oxygens (including phenoxy) is 1. The Balaban J connectivity index is 1.78. The van der Waals surface area contributed by atoms with Gasteiger partial charge in [-0.3, -0.25) is 0 Å². The molecule has 1 atom stereocenters. The molecule has 1 aromatic carbocycles. The van der Waals surface area contributed by atoms with E-state index in [2.05, 4.69) is 20.2 Å². The summed E-state index contributed by atoms with van der Waals surface area (Å²) in [6, 6.07) is 9.57. The van der Waals surface area contributed by atoms with E-state index in [1.807, 2.05) is 44.2 Å². The average molecular weight is 333 g/mol. The number of hydrogen-bond donors (Lipinski definition) is 1. The molecule has 1 unspecified atom stereocenters. The quantitative estimate of drug-likeness (QED) is 0.932. The summed E-state index contributed by atoms with van der Waals surface area (Å²) in [5.74, 6) is 1.33. The van der Waals surface area contributed by atoms with Gasteiger partial charge in [0, 0.05) is 43.0 Å². The Morgan fingerprint density at radius 1 is 1.22 bits per heavy atom. The fourth-order valence-corrected chi connectivity index (χ4v) is 2.80. The molecular formula is C17H21ClN4O. The molecule has 1 aliphatic heterocycles. The van der Waals surface area contributed by atoms with E-state index in [1.54, 1.807) is 0 Å². The van der Waals surface area contributed by atoms with Gasteiger partial charge in [-0.25, -0.2) is 4.98 Å². The SMILES string of the molecule is Cc1cc(OC(C)c2cccc(Cl)c2)nc(N2CCNCC2)n1. The van der Waals surface area contributed by atoms with Crippen LogP contribution < -0.4 is 15.0 Å². The second-order valence-corrected chi connectivity index (χ2v) is 6.14. The monoisotopic (exact) mass is 332 g/mol. The number of benzene rings is 1. The molecule has 1 fully saturated rings. The summed E-state index contributed by atoms with van der Waals surface area (Å²) < 4.78 is 6.02.